The van der Waals surface area contributed by atoms with E-state index in [1.54, 1.807) is 0 Å². The molecule has 1 aliphatic rings. The Balaban J connectivity index is 1.63. The minimum absolute atomic E-state index is 0.0179. The molecule has 2 aromatic rings. The first-order chi connectivity index (χ1) is 14.0. The fourth-order valence-electron chi connectivity index (χ4n) is 3.28. The maximum Gasteiger partial charge on any atom is 0.416 e. The van der Waals surface area contributed by atoms with Gasteiger partial charge in [-0.2, -0.15) is 13.2 Å². The van der Waals surface area contributed by atoms with Gasteiger partial charge >= 0.3 is 6.18 Å². The van der Waals surface area contributed by atoms with Crippen LogP contribution in [0.1, 0.15) is 24.0 Å². The molecule has 5 nitrogen and oxygen atoms in total. The van der Waals surface area contributed by atoms with Crippen molar-refractivity contribution >= 4 is 21.6 Å². The van der Waals surface area contributed by atoms with Crippen molar-refractivity contribution < 1.29 is 30.8 Å². The average Bonchev–Trinajstić information content (AvgIpc) is 2.69. The molecule has 0 unspecified atom stereocenters. The lowest BCUT2D eigenvalue weighted by Crippen LogP contribution is -2.44. The zero-order valence-electron chi connectivity index (χ0n) is 15.8. The molecule has 0 aromatic heterocycles. The number of hydrogen-bond donors (Lipinski definition) is 1. The van der Waals surface area contributed by atoms with Crippen molar-refractivity contribution in [2.75, 3.05) is 18.4 Å². The summed E-state index contributed by atoms with van der Waals surface area (Å²) >= 11 is 0. The predicted octanol–water partition coefficient (Wildman–Crippen LogP) is 4.03. The maximum atomic E-state index is 13.0. The largest absolute Gasteiger partial charge is 0.416 e. The second-order valence-corrected chi connectivity index (χ2v) is 9.11. The monoisotopic (exact) mass is 444 g/mol. The summed E-state index contributed by atoms with van der Waals surface area (Å²) in [6.45, 7) is 0.254. The number of anilines is 1. The normalized spacial score (nSPS) is 18.2. The standard InChI is InChI=1S/C20H20F4N2O3S/c21-17-7-3-14(4-8-17)13-30(28,29)26-11-1-2-15(12-26)19(27)25-18-9-5-16(6-10-18)20(22,23)24/h3-10,15H,1-2,11-13H2,(H,25,27)/t15-/m0/s1. The number of hydrogen-bond acceptors (Lipinski definition) is 3. The first kappa shape index (κ1) is 22.2. The molecule has 2 aromatic carbocycles. The van der Waals surface area contributed by atoms with Gasteiger partial charge in [-0.15, -0.1) is 0 Å². The van der Waals surface area contributed by atoms with Crippen molar-refractivity contribution in [3.05, 3.63) is 65.5 Å². The summed E-state index contributed by atoms with van der Waals surface area (Å²) in [6, 6.07) is 9.21. The third-order valence-corrected chi connectivity index (χ3v) is 6.71. The Hall–Kier alpha value is -2.46. The van der Waals surface area contributed by atoms with Crippen molar-refractivity contribution in [2.24, 2.45) is 5.92 Å². The Kier molecular flexibility index (Phi) is 6.47. The molecule has 0 saturated carbocycles. The van der Waals surface area contributed by atoms with Crippen molar-refractivity contribution in [3.63, 3.8) is 0 Å². The predicted molar refractivity (Wildman–Crippen MR) is 103 cm³/mol. The molecular weight excluding hydrogens is 424 g/mol. The van der Waals surface area contributed by atoms with Crippen molar-refractivity contribution in [1.29, 1.82) is 0 Å². The molecule has 30 heavy (non-hydrogen) atoms. The topological polar surface area (TPSA) is 66.5 Å². The van der Waals surface area contributed by atoms with Gasteiger partial charge in [0.25, 0.3) is 0 Å². The number of halogens is 4. The Morgan fingerprint density at radius 1 is 1.07 bits per heavy atom. The number of nitrogens with zero attached hydrogens (tertiary/aromatic N) is 1. The molecule has 0 radical (unpaired) electrons. The van der Waals surface area contributed by atoms with E-state index in [-0.39, 0.29) is 24.5 Å². The average molecular weight is 444 g/mol. The molecule has 1 aliphatic heterocycles. The van der Waals surface area contributed by atoms with Crippen LogP contribution in [0.2, 0.25) is 0 Å². The van der Waals surface area contributed by atoms with Crippen molar-refractivity contribution in [3.8, 4) is 0 Å². The summed E-state index contributed by atoms with van der Waals surface area (Å²) in [7, 11) is -3.70. The highest BCUT2D eigenvalue weighted by molar-refractivity contribution is 7.88. The second-order valence-electron chi connectivity index (χ2n) is 7.14. The van der Waals surface area contributed by atoms with E-state index in [0.29, 0.717) is 18.4 Å². The van der Waals surface area contributed by atoms with Gasteiger partial charge in [0.05, 0.1) is 17.2 Å². The van der Waals surface area contributed by atoms with Crippen LogP contribution in [0.3, 0.4) is 0 Å². The zero-order chi connectivity index (χ0) is 21.9. The van der Waals surface area contributed by atoms with Gasteiger partial charge in [-0.05, 0) is 54.8 Å². The first-order valence-electron chi connectivity index (χ1n) is 9.25. The van der Waals surface area contributed by atoms with E-state index in [0.717, 1.165) is 24.3 Å². The summed E-state index contributed by atoms with van der Waals surface area (Å²) in [5.41, 5.74) is -0.178. The van der Waals surface area contributed by atoms with Gasteiger partial charge < -0.3 is 5.32 Å². The fraction of sp³-hybridized carbons (Fsp3) is 0.350. The fourth-order valence-corrected chi connectivity index (χ4v) is 4.89. The SMILES string of the molecule is O=C(Nc1ccc(C(F)(F)F)cc1)[C@H]1CCCN(S(=O)(=O)Cc2ccc(F)cc2)C1. The molecule has 3 rings (SSSR count). The van der Waals surface area contributed by atoms with Gasteiger partial charge in [0.1, 0.15) is 5.82 Å². The molecule has 1 saturated heterocycles. The molecule has 162 valence electrons. The maximum absolute atomic E-state index is 13.0. The van der Waals surface area contributed by atoms with Crippen LogP contribution in [0.5, 0.6) is 0 Å². The van der Waals surface area contributed by atoms with E-state index in [1.807, 2.05) is 0 Å². The van der Waals surface area contributed by atoms with Crippen LogP contribution < -0.4 is 5.32 Å². The van der Waals surface area contributed by atoms with E-state index in [4.69, 9.17) is 0 Å². The first-order valence-corrected chi connectivity index (χ1v) is 10.9. The van der Waals surface area contributed by atoms with E-state index >= 15 is 0 Å². The molecule has 1 N–H and O–H groups in total. The highest BCUT2D eigenvalue weighted by Gasteiger charge is 2.33. The number of rotatable bonds is 5. The van der Waals surface area contributed by atoms with Crippen LogP contribution in [0.4, 0.5) is 23.2 Å². The van der Waals surface area contributed by atoms with E-state index in [9.17, 15) is 30.8 Å². The van der Waals surface area contributed by atoms with Gasteiger partial charge in [0, 0.05) is 18.8 Å². The van der Waals surface area contributed by atoms with E-state index in [2.05, 4.69) is 5.32 Å². The molecule has 0 spiro atoms. The Bertz CT molecular complexity index is 990. The number of carbonyl (C=O) groups excluding carboxylic acids is 1. The van der Waals surface area contributed by atoms with E-state index < -0.39 is 39.4 Å². The zero-order valence-corrected chi connectivity index (χ0v) is 16.6. The lowest BCUT2D eigenvalue weighted by Gasteiger charge is -2.31. The third-order valence-electron chi connectivity index (χ3n) is 4.89. The van der Waals surface area contributed by atoms with Crippen LogP contribution in [-0.4, -0.2) is 31.7 Å². The Morgan fingerprint density at radius 3 is 2.30 bits per heavy atom. The molecule has 1 heterocycles. The molecule has 1 atom stereocenters. The molecule has 1 fully saturated rings. The molecule has 1 amide bonds. The van der Waals surface area contributed by atoms with Gasteiger partial charge in [0.15, 0.2) is 0 Å². The van der Waals surface area contributed by atoms with Gasteiger partial charge in [-0.3, -0.25) is 4.79 Å². The number of carbonyl (C=O) groups is 1. The van der Waals surface area contributed by atoms with Crippen LogP contribution in [0.15, 0.2) is 48.5 Å². The smallest absolute Gasteiger partial charge is 0.326 e. The quantitative estimate of drug-likeness (QED) is 0.709. The number of alkyl halides is 3. The number of sulfonamides is 1. The Labute approximate surface area is 171 Å². The van der Waals surface area contributed by atoms with Crippen LogP contribution in [-0.2, 0) is 26.7 Å². The van der Waals surface area contributed by atoms with Crippen LogP contribution in [0, 0.1) is 11.7 Å². The highest BCUT2D eigenvalue weighted by atomic mass is 32.2. The molecule has 0 bridgehead atoms. The van der Waals surface area contributed by atoms with Crippen LogP contribution in [0.25, 0.3) is 0 Å². The number of nitrogens with one attached hydrogen (secondary N) is 1. The molecular formula is C20H20F4N2O3S. The highest BCUT2D eigenvalue weighted by Crippen LogP contribution is 2.30. The Morgan fingerprint density at radius 2 is 1.70 bits per heavy atom. The van der Waals surface area contributed by atoms with E-state index in [1.165, 1.54) is 28.6 Å². The van der Waals surface area contributed by atoms with Crippen molar-refractivity contribution in [1.82, 2.24) is 4.31 Å². The lowest BCUT2D eigenvalue weighted by molar-refractivity contribution is -0.137. The summed E-state index contributed by atoms with van der Waals surface area (Å²) in [6.07, 6.45) is -3.52. The molecule has 10 heteroatoms. The summed E-state index contributed by atoms with van der Waals surface area (Å²) in [4.78, 5) is 12.5. The van der Waals surface area contributed by atoms with Gasteiger partial charge in [0.2, 0.25) is 15.9 Å². The summed E-state index contributed by atoms with van der Waals surface area (Å²) in [5.74, 6) is -1.84. The van der Waals surface area contributed by atoms with Crippen LogP contribution >= 0.6 is 0 Å². The lowest BCUT2D eigenvalue weighted by atomic mass is 9.98. The van der Waals surface area contributed by atoms with Crippen molar-refractivity contribution in [2.45, 2.75) is 24.8 Å². The summed E-state index contributed by atoms with van der Waals surface area (Å²) in [5, 5.41) is 2.55. The second kappa shape index (κ2) is 8.73. The number of amides is 1. The minimum atomic E-state index is -4.47. The number of benzene rings is 2. The minimum Gasteiger partial charge on any atom is -0.326 e. The molecule has 0 aliphatic carbocycles. The number of piperidine rings is 1. The van der Waals surface area contributed by atoms with Gasteiger partial charge in [-0.1, -0.05) is 12.1 Å². The third kappa shape index (κ3) is 5.57. The van der Waals surface area contributed by atoms with Gasteiger partial charge in [-0.25, -0.2) is 17.1 Å². The summed E-state index contributed by atoms with van der Waals surface area (Å²) < 4.78 is 77.5.